The minimum Gasteiger partial charge on any atom is -0.354 e. The van der Waals surface area contributed by atoms with E-state index in [2.05, 4.69) is 9.97 Å². The van der Waals surface area contributed by atoms with Gasteiger partial charge in [0.05, 0.1) is 4.34 Å². The van der Waals surface area contributed by atoms with Crippen molar-refractivity contribution in [2.24, 2.45) is 0 Å². The molecule has 0 amide bonds. The summed E-state index contributed by atoms with van der Waals surface area (Å²) in [7, 11) is -3.48. The van der Waals surface area contributed by atoms with Crippen LogP contribution in [0.15, 0.2) is 22.4 Å². The molecule has 1 fully saturated rings. The number of thiophene rings is 1. The maximum absolute atomic E-state index is 12.6. The Morgan fingerprint density at radius 3 is 2.39 bits per heavy atom. The monoisotopic (exact) mass is 392 g/mol. The fraction of sp³-hybridized carbons (Fsp3) is 0.385. The van der Waals surface area contributed by atoms with Crippen molar-refractivity contribution in [1.29, 1.82) is 0 Å². The van der Waals surface area contributed by atoms with Crippen LogP contribution in [0, 0.1) is 6.92 Å². The van der Waals surface area contributed by atoms with Crippen LogP contribution in [-0.4, -0.2) is 48.9 Å². The Labute approximate surface area is 148 Å². The average Bonchev–Trinajstić information content (AvgIpc) is 2.94. The molecule has 0 aromatic carbocycles. The molecule has 0 aliphatic carbocycles. The fourth-order valence-corrected chi connectivity index (χ4v) is 5.68. The number of nitrogens with zero attached hydrogens (tertiary/aromatic N) is 4. The summed E-state index contributed by atoms with van der Waals surface area (Å²) in [5.74, 6) is 1.31. The van der Waals surface area contributed by atoms with Gasteiger partial charge in [-0.1, -0.05) is 23.2 Å². The smallest absolute Gasteiger partial charge is 0.252 e. The lowest BCUT2D eigenvalue weighted by atomic mass is 10.3. The molecule has 0 bridgehead atoms. The van der Waals surface area contributed by atoms with E-state index in [9.17, 15) is 8.42 Å². The molecular weight excluding hydrogens is 379 g/mol. The van der Waals surface area contributed by atoms with Crippen molar-refractivity contribution in [3.05, 3.63) is 33.5 Å². The molecule has 2 aromatic rings. The molecule has 0 unspecified atom stereocenters. The van der Waals surface area contributed by atoms with Gasteiger partial charge in [-0.05, 0) is 19.1 Å². The highest BCUT2D eigenvalue weighted by Gasteiger charge is 2.30. The van der Waals surface area contributed by atoms with Gasteiger partial charge in [-0.3, -0.25) is 0 Å². The topological polar surface area (TPSA) is 66.4 Å². The van der Waals surface area contributed by atoms with Crippen molar-refractivity contribution in [2.75, 3.05) is 31.1 Å². The molecular formula is C13H14Cl2N4O2S2. The zero-order chi connectivity index (χ0) is 16.6. The van der Waals surface area contributed by atoms with Crippen molar-refractivity contribution in [3.63, 3.8) is 0 Å². The van der Waals surface area contributed by atoms with Crippen LogP contribution in [0.2, 0.25) is 9.49 Å². The van der Waals surface area contributed by atoms with Crippen LogP contribution in [-0.2, 0) is 10.0 Å². The minimum atomic E-state index is -3.48. The number of rotatable bonds is 3. The van der Waals surface area contributed by atoms with E-state index in [0.29, 0.717) is 41.5 Å². The Bertz CT molecular complexity index is 797. The lowest BCUT2D eigenvalue weighted by Gasteiger charge is -2.34. The van der Waals surface area contributed by atoms with Gasteiger partial charge in [0, 0.05) is 32.2 Å². The molecule has 0 N–H and O–H groups in total. The zero-order valence-electron chi connectivity index (χ0n) is 12.2. The van der Waals surface area contributed by atoms with Crippen LogP contribution in [0.1, 0.15) is 5.82 Å². The van der Waals surface area contributed by atoms with Gasteiger partial charge < -0.3 is 4.90 Å². The number of aryl methyl sites for hydroxylation is 1. The van der Waals surface area contributed by atoms with Gasteiger partial charge in [0.25, 0.3) is 10.0 Å². The summed E-state index contributed by atoms with van der Waals surface area (Å²) in [6.07, 6.45) is 0. The van der Waals surface area contributed by atoms with Crippen molar-refractivity contribution in [3.8, 4) is 0 Å². The number of piperazine rings is 1. The summed E-state index contributed by atoms with van der Waals surface area (Å²) >= 11 is 12.9. The number of hydrogen-bond acceptors (Lipinski definition) is 6. The summed E-state index contributed by atoms with van der Waals surface area (Å²) < 4.78 is 27.3. The Morgan fingerprint density at radius 2 is 1.83 bits per heavy atom. The molecule has 0 radical (unpaired) electrons. The normalized spacial score (nSPS) is 16.7. The van der Waals surface area contributed by atoms with Gasteiger partial charge in [-0.2, -0.15) is 4.31 Å². The Balaban J connectivity index is 1.73. The Kier molecular flexibility index (Phi) is 4.80. The predicted octanol–water partition coefficient (Wildman–Crippen LogP) is 2.66. The molecule has 3 heterocycles. The molecule has 0 atom stereocenters. The minimum absolute atomic E-state index is 0.275. The van der Waals surface area contributed by atoms with Gasteiger partial charge >= 0.3 is 0 Å². The van der Waals surface area contributed by atoms with Crippen LogP contribution < -0.4 is 4.90 Å². The van der Waals surface area contributed by atoms with E-state index in [-0.39, 0.29) is 4.21 Å². The van der Waals surface area contributed by atoms with Gasteiger partial charge in [-0.15, -0.1) is 11.3 Å². The molecule has 1 saturated heterocycles. The summed E-state index contributed by atoms with van der Waals surface area (Å²) in [4.78, 5) is 10.4. The van der Waals surface area contributed by atoms with Crippen molar-refractivity contribution in [1.82, 2.24) is 14.3 Å². The Hall–Kier alpha value is -0.930. The van der Waals surface area contributed by atoms with Gasteiger partial charge in [-0.25, -0.2) is 18.4 Å². The molecule has 0 spiro atoms. The maximum atomic E-state index is 12.6. The quantitative estimate of drug-likeness (QED) is 0.751. The van der Waals surface area contributed by atoms with E-state index in [1.807, 2.05) is 4.90 Å². The van der Waals surface area contributed by atoms with Crippen LogP contribution in [0.25, 0.3) is 0 Å². The van der Waals surface area contributed by atoms with E-state index in [0.717, 1.165) is 17.2 Å². The average molecular weight is 393 g/mol. The lowest BCUT2D eigenvalue weighted by molar-refractivity contribution is 0.384. The fourth-order valence-electron chi connectivity index (χ4n) is 2.40. The van der Waals surface area contributed by atoms with E-state index in [1.54, 1.807) is 25.1 Å². The van der Waals surface area contributed by atoms with Gasteiger partial charge in [0.15, 0.2) is 0 Å². The molecule has 2 aromatic heterocycles. The third kappa shape index (κ3) is 3.61. The van der Waals surface area contributed by atoms with Gasteiger partial charge in [0.1, 0.15) is 21.0 Å². The second kappa shape index (κ2) is 6.52. The number of sulfonamides is 1. The molecule has 3 rings (SSSR count). The second-order valence-electron chi connectivity index (χ2n) is 5.05. The largest absolute Gasteiger partial charge is 0.354 e. The zero-order valence-corrected chi connectivity index (χ0v) is 15.4. The molecule has 0 saturated carbocycles. The third-order valence-corrected chi connectivity index (χ3v) is 7.29. The molecule has 23 heavy (non-hydrogen) atoms. The van der Waals surface area contributed by atoms with Crippen LogP contribution >= 0.6 is 34.5 Å². The molecule has 1 aliphatic rings. The number of hydrogen-bond donors (Lipinski definition) is 0. The first-order chi connectivity index (χ1) is 10.9. The molecule has 6 nitrogen and oxygen atoms in total. The third-order valence-electron chi connectivity index (χ3n) is 3.50. The SMILES string of the molecule is Cc1nc(Cl)cc(N2CCN(S(=O)(=O)c3ccc(Cl)s3)CC2)n1. The lowest BCUT2D eigenvalue weighted by Crippen LogP contribution is -2.48. The summed E-state index contributed by atoms with van der Waals surface area (Å²) in [6, 6.07) is 4.83. The number of anilines is 1. The summed E-state index contributed by atoms with van der Waals surface area (Å²) in [5.41, 5.74) is 0. The molecule has 1 aliphatic heterocycles. The first-order valence-corrected chi connectivity index (χ1v) is 9.89. The summed E-state index contributed by atoms with van der Waals surface area (Å²) in [5, 5.41) is 0.385. The van der Waals surface area contributed by atoms with E-state index in [4.69, 9.17) is 23.2 Å². The molecule has 124 valence electrons. The number of aromatic nitrogens is 2. The first-order valence-electron chi connectivity index (χ1n) is 6.88. The standard InChI is InChI=1S/C13H14Cl2N4O2S2/c1-9-16-10(14)8-12(17-9)18-4-6-19(7-5-18)23(20,21)13-3-2-11(15)22-13/h2-3,8H,4-7H2,1H3. The molecule has 10 heteroatoms. The first kappa shape index (κ1) is 16.9. The maximum Gasteiger partial charge on any atom is 0.252 e. The van der Waals surface area contributed by atoms with Crippen LogP contribution in [0.5, 0.6) is 0 Å². The highest BCUT2D eigenvalue weighted by Crippen LogP contribution is 2.29. The van der Waals surface area contributed by atoms with Crippen molar-refractivity contribution >= 4 is 50.4 Å². The Morgan fingerprint density at radius 1 is 1.13 bits per heavy atom. The van der Waals surface area contributed by atoms with E-state index >= 15 is 0 Å². The van der Waals surface area contributed by atoms with Crippen molar-refractivity contribution in [2.45, 2.75) is 11.1 Å². The second-order valence-corrected chi connectivity index (χ2v) is 9.31. The van der Waals surface area contributed by atoms with Crippen LogP contribution in [0.3, 0.4) is 0 Å². The highest BCUT2D eigenvalue weighted by atomic mass is 35.5. The van der Waals surface area contributed by atoms with E-state index in [1.165, 1.54) is 4.31 Å². The van der Waals surface area contributed by atoms with Crippen molar-refractivity contribution < 1.29 is 8.42 Å². The predicted molar refractivity (Wildman–Crippen MR) is 92.1 cm³/mol. The van der Waals surface area contributed by atoms with Crippen LogP contribution in [0.4, 0.5) is 5.82 Å². The highest BCUT2D eigenvalue weighted by molar-refractivity contribution is 7.91. The van der Waals surface area contributed by atoms with Gasteiger partial charge in [0.2, 0.25) is 0 Å². The number of halogens is 2. The van der Waals surface area contributed by atoms with E-state index < -0.39 is 10.0 Å². The summed E-state index contributed by atoms with van der Waals surface area (Å²) in [6.45, 7) is 3.64.